The van der Waals surface area contributed by atoms with E-state index in [2.05, 4.69) is 0 Å². The van der Waals surface area contributed by atoms with Gasteiger partial charge in [0, 0.05) is 42.3 Å². The Balaban J connectivity index is 1.77. The van der Waals surface area contributed by atoms with Crippen LogP contribution in [-0.2, 0) is 16.1 Å². The van der Waals surface area contributed by atoms with E-state index in [1.807, 2.05) is 6.92 Å². The summed E-state index contributed by atoms with van der Waals surface area (Å²) in [6.45, 7) is 2.57. The van der Waals surface area contributed by atoms with Gasteiger partial charge in [0.25, 0.3) is 5.69 Å². The molecule has 0 aliphatic carbocycles. The highest BCUT2D eigenvalue weighted by molar-refractivity contribution is 5.85. The van der Waals surface area contributed by atoms with Gasteiger partial charge in [-0.05, 0) is 18.1 Å². The quantitative estimate of drug-likeness (QED) is 0.678. The van der Waals surface area contributed by atoms with Crippen LogP contribution in [0.25, 0.3) is 10.9 Å². The topological polar surface area (TPSA) is 106 Å². The molecular formula is C16H17N3O5. The monoisotopic (exact) mass is 331 g/mol. The van der Waals surface area contributed by atoms with E-state index < -0.39 is 16.8 Å². The number of aliphatic carboxylic acids is 1. The number of nitrogens with zero attached hydrogens (tertiary/aromatic N) is 3. The Hall–Kier alpha value is -2.90. The average molecular weight is 331 g/mol. The number of non-ortho nitro benzene ring substituents is 1. The van der Waals surface area contributed by atoms with Gasteiger partial charge >= 0.3 is 5.97 Å². The number of carboxylic acid groups (broad SMARTS) is 1. The largest absolute Gasteiger partial charge is 0.481 e. The van der Waals surface area contributed by atoms with Gasteiger partial charge in [0.15, 0.2) is 0 Å². The maximum Gasteiger partial charge on any atom is 0.308 e. The summed E-state index contributed by atoms with van der Waals surface area (Å²) in [7, 11) is 0. The van der Waals surface area contributed by atoms with Crippen LogP contribution in [0.3, 0.4) is 0 Å². The molecule has 0 spiro atoms. The molecule has 24 heavy (non-hydrogen) atoms. The first kappa shape index (κ1) is 16.0. The van der Waals surface area contributed by atoms with Crippen molar-refractivity contribution in [1.82, 2.24) is 9.47 Å². The molecule has 2 aromatic rings. The van der Waals surface area contributed by atoms with E-state index in [9.17, 15) is 19.7 Å². The highest BCUT2D eigenvalue weighted by Crippen LogP contribution is 2.25. The van der Waals surface area contributed by atoms with Crippen LogP contribution >= 0.6 is 0 Å². The molecule has 1 aliphatic rings. The molecule has 1 fully saturated rings. The molecule has 0 unspecified atom stereocenters. The number of rotatable bonds is 4. The lowest BCUT2D eigenvalue weighted by atomic mass is 9.99. The number of nitro benzene ring substituents is 1. The Kier molecular flexibility index (Phi) is 3.96. The molecule has 126 valence electrons. The van der Waals surface area contributed by atoms with E-state index in [0.29, 0.717) is 11.9 Å². The van der Waals surface area contributed by atoms with E-state index >= 15 is 0 Å². The highest BCUT2D eigenvalue weighted by Gasteiger charge is 2.36. The number of amides is 1. The molecule has 0 radical (unpaired) electrons. The smallest absolute Gasteiger partial charge is 0.308 e. The van der Waals surface area contributed by atoms with Crippen molar-refractivity contribution in [3.8, 4) is 0 Å². The number of nitro groups is 1. The number of benzene rings is 1. The van der Waals surface area contributed by atoms with Gasteiger partial charge in [-0.15, -0.1) is 0 Å². The Bertz CT molecular complexity index is 828. The van der Waals surface area contributed by atoms with Gasteiger partial charge in [0.2, 0.25) is 5.91 Å². The van der Waals surface area contributed by atoms with Crippen LogP contribution in [0.2, 0.25) is 0 Å². The lowest BCUT2D eigenvalue weighted by Gasteiger charge is -2.16. The summed E-state index contributed by atoms with van der Waals surface area (Å²) in [4.78, 5) is 35.5. The zero-order valence-corrected chi connectivity index (χ0v) is 13.1. The molecule has 8 nitrogen and oxygen atoms in total. The third kappa shape index (κ3) is 2.82. The standard InChI is InChI=1S/C16H17N3O5/c1-10-7-18(8-13(10)16(21)22)15(20)9-17-5-4-11-6-12(19(23)24)2-3-14(11)17/h2-6,10,13H,7-9H2,1H3,(H,21,22)/t10-,13-/m1/s1. The van der Waals surface area contributed by atoms with Gasteiger partial charge in [-0.2, -0.15) is 0 Å². The summed E-state index contributed by atoms with van der Waals surface area (Å²) in [5, 5.41) is 20.7. The van der Waals surface area contributed by atoms with Gasteiger partial charge in [-0.25, -0.2) is 0 Å². The second-order valence-corrected chi connectivity index (χ2v) is 6.16. The summed E-state index contributed by atoms with van der Waals surface area (Å²) in [6, 6.07) is 6.21. The zero-order valence-electron chi connectivity index (χ0n) is 13.1. The first-order valence-corrected chi connectivity index (χ1v) is 7.60. The van der Waals surface area contributed by atoms with Crippen molar-refractivity contribution in [2.24, 2.45) is 11.8 Å². The maximum absolute atomic E-state index is 12.4. The number of carbonyl (C=O) groups is 2. The van der Waals surface area contributed by atoms with Crippen molar-refractivity contribution in [3.63, 3.8) is 0 Å². The van der Waals surface area contributed by atoms with E-state index in [0.717, 1.165) is 5.52 Å². The third-order valence-electron chi connectivity index (χ3n) is 4.55. The molecule has 1 N–H and O–H groups in total. The summed E-state index contributed by atoms with van der Waals surface area (Å²) in [5.41, 5.74) is 0.736. The molecule has 0 saturated carbocycles. The molecular weight excluding hydrogens is 314 g/mol. The zero-order chi connectivity index (χ0) is 17.4. The Labute approximate surface area is 137 Å². The van der Waals surface area contributed by atoms with Gasteiger partial charge in [0.1, 0.15) is 6.54 Å². The fourth-order valence-corrected chi connectivity index (χ4v) is 3.18. The molecule has 2 atom stereocenters. The predicted molar refractivity (Wildman–Crippen MR) is 85.5 cm³/mol. The molecule has 8 heteroatoms. The Morgan fingerprint density at radius 2 is 2.08 bits per heavy atom. The van der Waals surface area contributed by atoms with E-state index in [4.69, 9.17) is 5.11 Å². The number of carboxylic acids is 1. The van der Waals surface area contributed by atoms with Crippen LogP contribution in [0.15, 0.2) is 30.5 Å². The summed E-state index contributed by atoms with van der Waals surface area (Å²) in [5.74, 6) is -1.63. The van der Waals surface area contributed by atoms with Gasteiger partial charge in [0.05, 0.1) is 10.8 Å². The summed E-state index contributed by atoms with van der Waals surface area (Å²) >= 11 is 0. The minimum Gasteiger partial charge on any atom is -0.481 e. The van der Waals surface area contributed by atoms with Crippen molar-refractivity contribution in [2.75, 3.05) is 13.1 Å². The van der Waals surface area contributed by atoms with Crippen molar-refractivity contribution >= 4 is 28.5 Å². The first-order valence-electron chi connectivity index (χ1n) is 7.60. The number of likely N-dealkylation sites (tertiary alicyclic amines) is 1. The average Bonchev–Trinajstić information content (AvgIpc) is 3.10. The number of carbonyl (C=O) groups excluding carboxylic acids is 1. The minimum atomic E-state index is -0.878. The molecule has 1 aliphatic heterocycles. The predicted octanol–water partition coefficient (Wildman–Crippen LogP) is 1.73. The summed E-state index contributed by atoms with van der Waals surface area (Å²) in [6.07, 6.45) is 1.71. The molecule has 3 rings (SSSR count). The van der Waals surface area contributed by atoms with Crippen LogP contribution in [0.1, 0.15) is 6.92 Å². The van der Waals surface area contributed by atoms with Crippen molar-refractivity contribution in [1.29, 1.82) is 0 Å². The number of aromatic nitrogens is 1. The second-order valence-electron chi connectivity index (χ2n) is 6.16. The number of hydrogen-bond acceptors (Lipinski definition) is 4. The van der Waals surface area contributed by atoms with Crippen LogP contribution in [0.4, 0.5) is 5.69 Å². The highest BCUT2D eigenvalue weighted by atomic mass is 16.6. The van der Waals surface area contributed by atoms with Crippen molar-refractivity contribution in [2.45, 2.75) is 13.5 Å². The third-order valence-corrected chi connectivity index (χ3v) is 4.55. The Morgan fingerprint density at radius 1 is 1.33 bits per heavy atom. The lowest BCUT2D eigenvalue weighted by Crippen LogP contribution is -2.32. The van der Waals surface area contributed by atoms with Crippen LogP contribution in [-0.4, -0.2) is 44.5 Å². The number of fused-ring (bicyclic) bond motifs is 1. The molecule has 1 aromatic carbocycles. The van der Waals surface area contributed by atoms with Gasteiger partial charge in [-0.1, -0.05) is 6.92 Å². The van der Waals surface area contributed by atoms with Crippen LogP contribution < -0.4 is 0 Å². The van der Waals surface area contributed by atoms with E-state index in [1.54, 1.807) is 27.8 Å². The second kappa shape index (κ2) is 5.95. The van der Waals surface area contributed by atoms with Crippen LogP contribution in [0.5, 0.6) is 0 Å². The Morgan fingerprint density at radius 3 is 2.71 bits per heavy atom. The number of hydrogen-bond donors (Lipinski definition) is 1. The molecule has 2 heterocycles. The van der Waals surface area contributed by atoms with Crippen LogP contribution in [0, 0.1) is 22.0 Å². The molecule has 1 amide bonds. The molecule has 1 aromatic heterocycles. The fraction of sp³-hybridized carbons (Fsp3) is 0.375. The van der Waals surface area contributed by atoms with Gasteiger partial charge < -0.3 is 14.6 Å². The maximum atomic E-state index is 12.4. The minimum absolute atomic E-state index is 0.00393. The summed E-state index contributed by atoms with van der Waals surface area (Å²) < 4.78 is 1.72. The SMILES string of the molecule is C[C@@H]1CN(C(=O)Cn2ccc3cc([N+](=O)[O-])ccc32)C[C@H]1C(=O)O. The normalized spacial score (nSPS) is 20.5. The molecule has 0 bridgehead atoms. The van der Waals surface area contributed by atoms with Gasteiger partial charge in [-0.3, -0.25) is 19.7 Å². The molecule has 1 saturated heterocycles. The van der Waals surface area contributed by atoms with Crippen molar-refractivity contribution in [3.05, 3.63) is 40.6 Å². The van der Waals surface area contributed by atoms with E-state index in [-0.39, 0.29) is 30.6 Å². The lowest BCUT2D eigenvalue weighted by molar-refractivity contribution is -0.384. The first-order chi connectivity index (χ1) is 11.4. The van der Waals surface area contributed by atoms with E-state index in [1.165, 1.54) is 12.1 Å². The van der Waals surface area contributed by atoms with Crippen molar-refractivity contribution < 1.29 is 19.6 Å². The fourth-order valence-electron chi connectivity index (χ4n) is 3.18.